The zero-order chi connectivity index (χ0) is 42.8. The number of hydrogen-bond acceptors (Lipinski definition) is 8. The molecule has 10 rings (SSSR count). The molecule has 8 N–H and O–H groups in total. The van der Waals surface area contributed by atoms with Gasteiger partial charge < -0.3 is 40.9 Å². The number of benzene rings is 10. The van der Waals surface area contributed by atoms with Crippen molar-refractivity contribution in [3.05, 3.63) is 203 Å². The molecule has 0 unspecified atom stereocenters. The maximum atomic E-state index is 11.6. The summed E-state index contributed by atoms with van der Waals surface area (Å²) in [5.74, 6) is -0.974. The van der Waals surface area contributed by atoms with Gasteiger partial charge in [-0.1, -0.05) is 97.1 Å². The molecule has 0 heterocycles. The smallest absolute Gasteiger partial charge is 0.120 e. The third kappa shape index (κ3) is 6.42. The summed E-state index contributed by atoms with van der Waals surface area (Å²) in [6.07, 6.45) is 0. The van der Waals surface area contributed by atoms with Gasteiger partial charge in [0.15, 0.2) is 0 Å². The van der Waals surface area contributed by atoms with Gasteiger partial charge in [-0.3, -0.25) is 0 Å². The summed E-state index contributed by atoms with van der Waals surface area (Å²) >= 11 is 0. The Morgan fingerprint density at radius 2 is 0.484 bits per heavy atom. The van der Waals surface area contributed by atoms with Gasteiger partial charge in [0.05, 0.1) is 0 Å². The molecule has 0 aliphatic carbocycles. The molecule has 0 amide bonds. The predicted octanol–water partition coefficient (Wildman–Crippen LogP) is 12.0. The highest BCUT2D eigenvalue weighted by molar-refractivity contribution is 5.96. The summed E-state index contributed by atoms with van der Waals surface area (Å²) in [4.78, 5) is 0. The first-order valence-corrected chi connectivity index (χ1v) is 20.0. The van der Waals surface area contributed by atoms with Gasteiger partial charge in [-0.2, -0.15) is 0 Å². The second kappa shape index (κ2) is 14.7. The molecule has 0 spiro atoms. The maximum Gasteiger partial charge on any atom is 0.120 e. The Bertz CT molecular complexity index is 2980. The molecule has 10 aromatic carbocycles. The average Bonchev–Trinajstić information content (AvgIpc) is 3.27. The third-order valence-corrected chi connectivity index (χ3v) is 12.1. The molecule has 0 aliphatic heterocycles. The SMILES string of the molecule is Oc1ccc2c(C(c3ccc(-c4ccc(C(c5c(O)ccc6cc(O)ccc56)c5c(O)ccc6cc(O)ccc56)cc4)cc3)c3c(O)ccc4cc(O)ccc34)c(O)ccc2c1. The largest absolute Gasteiger partial charge is 0.508 e. The summed E-state index contributed by atoms with van der Waals surface area (Å²) < 4.78 is 0. The summed E-state index contributed by atoms with van der Waals surface area (Å²) in [6, 6.07) is 48.9. The Hall–Kier alpha value is -8.36. The lowest BCUT2D eigenvalue weighted by molar-refractivity contribution is 0.459. The van der Waals surface area contributed by atoms with Crippen molar-refractivity contribution in [3.63, 3.8) is 0 Å². The van der Waals surface area contributed by atoms with Gasteiger partial charge in [0.1, 0.15) is 46.0 Å². The first-order chi connectivity index (χ1) is 30.0. The lowest BCUT2D eigenvalue weighted by Crippen LogP contribution is -2.07. The standard InChI is InChI=1S/C54H38O8/c55-37-13-17-41-33(25-37)9-21-45(59)51(41)49(52-42-18-14-38(56)26-34(42)10-22-46(52)60)31-5-1-29(2-6-31)30-3-7-32(8-4-30)50(53-43-19-15-39(57)27-35(43)11-23-47(53)61)54-44-20-16-40(58)28-36(44)12-24-48(54)62/h1-28,49-50,55-62H. The molecule has 0 aliphatic rings. The predicted molar refractivity (Wildman–Crippen MR) is 243 cm³/mol. The van der Waals surface area contributed by atoms with Crippen molar-refractivity contribution in [2.24, 2.45) is 0 Å². The average molecular weight is 815 g/mol. The Kier molecular flexibility index (Phi) is 9.00. The normalized spacial score (nSPS) is 11.7. The Balaban J connectivity index is 1.11. The minimum atomic E-state index is -0.681. The number of aromatic hydroxyl groups is 8. The van der Waals surface area contributed by atoms with Crippen LogP contribution in [-0.2, 0) is 0 Å². The van der Waals surface area contributed by atoms with Crippen LogP contribution in [0.4, 0.5) is 0 Å². The van der Waals surface area contributed by atoms with Crippen LogP contribution in [0, 0.1) is 0 Å². The van der Waals surface area contributed by atoms with Crippen LogP contribution in [0.5, 0.6) is 46.0 Å². The highest BCUT2D eigenvalue weighted by Crippen LogP contribution is 2.49. The van der Waals surface area contributed by atoms with E-state index in [0.717, 1.165) is 22.3 Å². The van der Waals surface area contributed by atoms with Crippen LogP contribution in [0.1, 0.15) is 45.2 Å². The van der Waals surface area contributed by atoms with Crippen molar-refractivity contribution >= 4 is 43.1 Å². The van der Waals surface area contributed by atoms with Crippen molar-refractivity contribution < 1.29 is 40.9 Å². The molecule has 8 heteroatoms. The zero-order valence-corrected chi connectivity index (χ0v) is 32.9. The first kappa shape index (κ1) is 37.9. The molecular weight excluding hydrogens is 777 g/mol. The van der Waals surface area contributed by atoms with E-state index >= 15 is 0 Å². The second-order valence-electron chi connectivity index (χ2n) is 15.7. The van der Waals surface area contributed by atoms with Crippen molar-refractivity contribution in [2.75, 3.05) is 0 Å². The molecule has 0 saturated carbocycles. The van der Waals surface area contributed by atoms with E-state index in [9.17, 15) is 40.9 Å². The molecule has 8 nitrogen and oxygen atoms in total. The van der Waals surface area contributed by atoms with Crippen molar-refractivity contribution in [1.82, 2.24) is 0 Å². The van der Waals surface area contributed by atoms with E-state index < -0.39 is 11.8 Å². The van der Waals surface area contributed by atoms with Crippen LogP contribution in [0.25, 0.3) is 54.2 Å². The maximum absolute atomic E-state index is 11.6. The quantitative estimate of drug-likeness (QED) is 0.0738. The Labute approximate surface area is 355 Å². The Morgan fingerprint density at radius 3 is 0.726 bits per heavy atom. The monoisotopic (exact) mass is 814 g/mol. The molecular formula is C54H38O8. The molecule has 0 bridgehead atoms. The van der Waals surface area contributed by atoms with Gasteiger partial charge in [-0.05, 0) is 138 Å². The number of phenols is 8. The molecule has 10 aromatic rings. The van der Waals surface area contributed by atoms with Crippen molar-refractivity contribution in [1.29, 1.82) is 0 Å². The van der Waals surface area contributed by atoms with Crippen molar-refractivity contribution in [3.8, 4) is 57.1 Å². The van der Waals surface area contributed by atoms with E-state index in [0.29, 0.717) is 65.3 Å². The molecule has 0 atom stereocenters. The fraction of sp³-hybridized carbons (Fsp3) is 0.0370. The summed E-state index contributed by atoms with van der Waals surface area (Å²) in [5, 5.41) is 93.3. The van der Waals surface area contributed by atoms with Crippen molar-refractivity contribution in [2.45, 2.75) is 11.8 Å². The highest BCUT2D eigenvalue weighted by Gasteiger charge is 2.29. The van der Waals surface area contributed by atoms with Gasteiger partial charge >= 0.3 is 0 Å². The molecule has 0 radical (unpaired) electrons. The van der Waals surface area contributed by atoms with Gasteiger partial charge in [0.2, 0.25) is 0 Å². The van der Waals surface area contributed by atoms with E-state index in [-0.39, 0.29) is 46.0 Å². The first-order valence-electron chi connectivity index (χ1n) is 20.0. The van der Waals surface area contributed by atoms with Crippen LogP contribution >= 0.6 is 0 Å². The Morgan fingerprint density at radius 1 is 0.242 bits per heavy atom. The fourth-order valence-corrected chi connectivity index (χ4v) is 9.22. The third-order valence-electron chi connectivity index (χ3n) is 12.1. The van der Waals surface area contributed by atoms with Crippen LogP contribution in [0.2, 0.25) is 0 Å². The van der Waals surface area contributed by atoms with E-state index in [1.165, 1.54) is 0 Å². The van der Waals surface area contributed by atoms with Gasteiger partial charge in [-0.15, -0.1) is 0 Å². The molecule has 302 valence electrons. The molecule has 0 fully saturated rings. The number of fused-ring (bicyclic) bond motifs is 4. The van der Waals surface area contributed by atoms with Gasteiger partial charge in [0, 0.05) is 34.1 Å². The number of rotatable bonds is 7. The number of phenolic OH excluding ortho intramolecular Hbond substituents is 8. The summed E-state index contributed by atoms with van der Waals surface area (Å²) in [5.41, 5.74) is 5.46. The van der Waals surface area contributed by atoms with E-state index in [1.807, 2.05) is 48.5 Å². The molecule has 0 saturated heterocycles. The van der Waals surface area contributed by atoms with E-state index in [2.05, 4.69) is 0 Å². The second-order valence-corrected chi connectivity index (χ2v) is 15.7. The lowest BCUT2D eigenvalue weighted by Gasteiger charge is -2.25. The molecule has 0 aromatic heterocycles. The minimum absolute atomic E-state index is 0.0145. The van der Waals surface area contributed by atoms with Crippen LogP contribution < -0.4 is 0 Å². The van der Waals surface area contributed by atoms with Crippen LogP contribution in [0.15, 0.2) is 170 Å². The minimum Gasteiger partial charge on any atom is -0.508 e. The highest BCUT2D eigenvalue weighted by atomic mass is 16.3. The molecule has 62 heavy (non-hydrogen) atoms. The van der Waals surface area contributed by atoms with Crippen LogP contribution in [-0.4, -0.2) is 40.9 Å². The van der Waals surface area contributed by atoms with Gasteiger partial charge in [-0.25, -0.2) is 0 Å². The summed E-state index contributed by atoms with van der Waals surface area (Å²) in [6.45, 7) is 0. The zero-order valence-electron chi connectivity index (χ0n) is 32.9. The topological polar surface area (TPSA) is 162 Å². The van der Waals surface area contributed by atoms with E-state index in [4.69, 9.17) is 0 Å². The van der Waals surface area contributed by atoms with Gasteiger partial charge in [0.25, 0.3) is 0 Å². The fourth-order valence-electron chi connectivity index (χ4n) is 9.22. The lowest BCUT2D eigenvalue weighted by atomic mass is 9.79. The van der Waals surface area contributed by atoms with E-state index in [1.54, 1.807) is 121 Å². The van der Waals surface area contributed by atoms with Crippen LogP contribution in [0.3, 0.4) is 0 Å². The number of hydrogen-bond donors (Lipinski definition) is 8. The summed E-state index contributed by atoms with van der Waals surface area (Å²) in [7, 11) is 0.